The Kier molecular flexibility index (Phi) is 9.49. The molecule has 1 aromatic rings. The van der Waals surface area contributed by atoms with Crippen LogP contribution in [0.25, 0.3) is 0 Å². The quantitative estimate of drug-likeness (QED) is 0.443. The SMILES string of the molecule is CCC(C)N(C)CCN=C(N)Nc1ccc(F)cc1.I. The van der Waals surface area contributed by atoms with Crippen LogP contribution < -0.4 is 11.1 Å². The van der Waals surface area contributed by atoms with E-state index in [-0.39, 0.29) is 29.8 Å². The molecule has 0 aliphatic carbocycles. The molecule has 0 aliphatic rings. The number of anilines is 1. The lowest BCUT2D eigenvalue weighted by Gasteiger charge is -2.22. The highest BCUT2D eigenvalue weighted by Crippen LogP contribution is 2.07. The van der Waals surface area contributed by atoms with Crippen molar-refractivity contribution in [2.75, 3.05) is 25.5 Å². The summed E-state index contributed by atoms with van der Waals surface area (Å²) in [5, 5.41) is 2.93. The molecule has 4 nitrogen and oxygen atoms in total. The number of nitrogens with zero attached hydrogens (tertiary/aromatic N) is 2. The van der Waals surface area contributed by atoms with Crippen molar-refractivity contribution < 1.29 is 4.39 Å². The van der Waals surface area contributed by atoms with E-state index in [2.05, 4.69) is 36.1 Å². The van der Waals surface area contributed by atoms with E-state index in [1.54, 1.807) is 12.1 Å². The Morgan fingerprint density at radius 1 is 1.40 bits per heavy atom. The maximum Gasteiger partial charge on any atom is 0.193 e. The van der Waals surface area contributed by atoms with Gasteiger partial charge in [0.1, 0.15) is 5.82 Å². The molecule has 3 N–H and O–H groups in total. The molecule has 1 aromatic carbocycles. The lowest BCUT2D eigenvalue weighted by Crippen LogP contribution is -2.31. The molecule has 6 heteroatoms. The second-order valence-electron chi connectivity index (χ2n) is 4.64. The molecule has 0 aromatic heterocycles. The average Bonchev–Trinajstić information content (AvgIpc) is 2.40. The predicted molar refractivity (Wildman–Crippen MR) is 94.3 cm³/mol. The van der Waals surface area contributed by atoms with Crippen molar-refractivity contribution in [3.63, 3.8) is 0 Å². The van der Waals surface area contributed by atoms with E-state index in [1.165, 1.54) is 12.1 Å². The fourth-order valence-electron chi connectivity index (χ4n) is 1.58. The second-order valence-corrected chi connectivity index (χ2v) is 4.64. The van der Waals surface area contributed by atoms with Crippen LogP contribution in [0.15, 0.2) is 29.3 Å². The molecule has 1 unspecified atom stereocenters. The van der Waals surface area contributed by atoms with Crippen LogP contribution in [0.4, 0.5) is 10.1 Å². The molecular formula is C14H24FIN4. The fourth-order valence-corrected chi connectivity index (χ4v) is 1.58. The minimum atomic E-state index is -0.267. The second kappa shape index (κ2) is 9.93. The molecule has 0 radical (unpaired) electrons. The van der Waals surface area contributed by atoms with Gasteiger partial charge in [-0.15, -0.1) is 24.0 Å². The summed E-state index contributed by atoms with van der Waals surface area (Å²) in [5.74, 6) is 0.0837. The first kappa shape index (κ1) is 19.1. The van der Waals surface area contributed by atoms with Crippen LogP contribution in [0.3, 0.4) is 0 Å². The van der Waals surface area contributed by atoms with Crippen molar-refractivity contribution in [1.29, 1.82) is 0 Å². The van der Waals surface area contributed by atoms with Gasteiger partial charge >= 0.3 is 0 Å². The minimum Gasteiger partial charge on any atom is -0.370 e. The van der Waals surface area contributed by atoms with Gasteiger partial charge in [0.15, 0.2) is 5.96 Å². The number of aliphatic imine (C=N–C) groups is 1. The van der Waals surface area contributed by atoms with Gasteiger partial charge in [-0.05, 0) is 44.7 Å². The van der Waals surface area contributed by atoms with Gasteiger partial charge in [0.2, 0.25) is 0 Å². The molecule has 0 saturated heterocycles. The van der Waals surface area contributed by atoms with Crippen molar-refractivity contribution in [1.82, 2.24) is 4.90 Å². The molecule has 0 fully saturated rings. The van der Waals surface area contributed by atoms with Crippen LogP contribution in [0.2, 0.25) is 0 Å². The monoisotopic (exact) mass is 394 g/mol. The maximum absolute atomic E-state index is 12.7. The minimum absolute atomic E-state index is 0. The van der Waals surface area contributed by atoms with E-state index in [0.29, 0.717) is 18.5 Å². The molecule has 0 saturated carbocycles. The first-order valence-corrected chi connectivity index (χ1v) is 6.55. The summed E-state index contributed by atoms with van der Waals surface area (Å²) >= 11 is 0. The van der Waals surface area contributed by atoms with Gasteiger partial charge in [-0.25, -0.2) is 4.39 Å². The first-order chi connectivity index (χ1) is 9.02. The molecule has 1 rings (SSSR count). The van der Waals surface area contributed by atoms with E-state index in [1.807, 2.05) is 0 Å². The Morgan fingerprint density at radius 3 is 2.55 bits per heavy atom. The van der Waals surface area contributed by atoms with Crippen LogP contribution in [0.5, 0.6) is 0 Å². The third-order valence-corrected chi connectivity index (χ3v) is 3.19. The van der Waals surface area contributed by atoms with Crippen LogP contribution in [-0.4, -0.2) is 37.0 Å². The van der Waals surface area contributed by atoms with Crippen LogP contribution in [0, 0.1) is 5.82 Å². The number of guanidine groups is 1. The Balaban J connectivity index is 0.00000361. The van der Waals surface area contributed by atoms with Crippen LogP contribution in [-0.2, 0) is 0 Å². The van der Waals surface area contributed by atoms with Crippen molar-refractivity contribution in [3.05, 3.63) is 30.1 Å². The zero-order valence-corrected chi connectivity index (χ0v) is 14.6. The number of benzene rings is 1. The zero-order valence-electron chi connectivity index (χ0n) is 12.3. The van der Waals surface area contributed by atoms with Crippen molar-refractivity contribution in [3.8, 4) is 0 Å². The lowest BCUT2D eigenvalue weighted by atomic mass is 10.2. The third kappa shape index (κ3) is 7.04. The van der Waals surface area contributed by atoms with E-state index in [0.717, 1.165) is 18.7 Å². The van der Waals surface area contributed by atoms with E-state index >= 15 is 0 Å². The number of nitrogens with one attached hydrogen (secondary N) is 1. The molecule has 114 valence electrons. The number of hydrogen-bond donors (Lipinski definition) is 2. The number of likely N-dealkylation sites (N-methyl/N-ethyl adjacent to an activating group) is 1. The predicted octanol–water partition coefficient (Wildman–Crippen LogP) is 2.90. The molecular weight excluding hydrogens is 370 g/mol. The topological polar surface area (TPSA) is 53.6 Å². The van der Waals surface area contributed by atoms with Gasteiger partial charge < -0.3 is 16.0 Å². The van der Waals surface area contributed by atoms with Gasteiger partial charge in [-0.2, -0.15) is 0 Å². The smallest absolute Gasteiger partial charge is 0.193 e. The van der Waals surface area contributed by atoms with Crippen molar-refractivity contribution >= 4 is 35.6 Å². The zero-order chi connectivity index (χ0) is 14.3. The molecule has 0 spiro atoms. The Labute approximate surface area is 137 Å². The number of nitrogens with two attached hydrogens (primary N) is 1. The Bertz CT molecular complexity index is 408. The van der Waals surface area contributed by atoms with E-state index < -0.39 is 0 Å². The van der Waals surface area contributed by atoms with Gasteiger partial charge in [0, 0.05) is 18.3 Å². The first-order valence-electron chi connectivity index (χ1n) is 6.55. The van der Waals surface area contributed by atoms with Crippen molar-refractivity contribution in [2.24, 2.45) is 10.7 Å². The molecule has 0 aliphatic heterocycles. The van der Waals surface area contributed by atoms with Crippen LogP contribution in [0.1, 0.15) is 20.3 Å². The number of halogens is 2. The highest BCUT2D eigenvalue weighted by molar-refractivity contribution is 14.0. The summed E-state index contributed by atoms with van der Waals surface area (Å²) in [6.07, 6.45) is 1.11. The van der Waals surface area contributed by atoms with Crippen LogP contribution >= 0.6 is 24.0 Å². The largest absolute Gasteiger partial charge is 0.370 e. The molecule has 0 bridgehead atoms. The highest BCUT2D eigenvalue weighted by atomic mass is 127. The van der Waals surface area contributed by atoms with Gasteiger partial charge in [-0.3, -0.25) is 4.99 Å². The standard InChI is InChI=1S/C14H23FN4.HI/c1-4-11(2)19(3)10-9-17-14(16)18-13-7-5-12(15)6-8-13;/h5-8,11H,4,9-10H2,1-3H3,(H3,16,17,18);1H. The van der Waals surface area contributed by atoms with Crippen molar-refractivity contribution in [2.45, 2.75) is 26.3 Å². The summed E-state index contributed by atoms with van der Waals surface area (Å²) in [7, 11) is 2.08. The molecule has 0 amide bonds. The van der Waals surface area contributed by atoms with E-state index in [4.69, 9.17) is 5.73 Å². The maximum atomic E-state index is 12.7. The lowest BCUT2D eigenvalue weighted by molar-refractivity contribution is 0.259. The van der Waals surface area contributed by atoms with Gasteiger partial charge in [-0.1, -0.05) is 6.92 Å². The fraction of sp³-hybridized carbons (Fsp3) is 0.500. The normalized spacial score (nSPS) is 12.9. The third-order valence-electron chi connectivity index (χ3n) is 3.19. The molecule has 20 heavy (non-hydrogen) atoms. The average molecular weight is 394 g/mol. The Morgan fingerprint density at radius 2 is 2.00 bits per heavy atom. The molecule has 1 atom stereocenters. The summed E-state index contributed by atoms with van der Waals surface area (Å²) < 4.78 is 12.7. The summed E-state index contributed by atoms with van der Waals surface area (Å²) in [6.45, 7) is 5.85. The van der Waals surface area contributed by atoms with E-state index in [9.17, 15) is 4.39 Å². The summed E-state index contributed by atoms with van der Waals surface area (Å²) in [4.78, 5) is 6.49. The number of hydrogen-bond acceptors (Lipinski definition) is 2. The highest BCUT2D eigenvalue weighted by Gasteiger charge is 2.05. The van der Waals surface area contributed by atoms with Gasteiger partial charge in [0.25, 0.3) is 0 Å². The number of rotatable bonds is 6. The molecule has 0 heterocycles. The van der Waals surface area contributed by atoms with Gasteiger partial charge in [0.05, 0.1) is 6.54 Å². The summed E-state index contributed by atoms with van der Waals surface area (Å²) in [6, 6.07) is 6.56. The summed E-state index contributed by atoms with van der Waals surface area (Å²) in [5.41, 5.74) is 6.50. The Hall–Kier alpha value is -0.890.